The van der Waals surface area contributed by atoms with Crippen molar-refractivity contribution in [1.82, 2.24) is 9.13 Å². The highest BCUT2D eigenvalue weighted by atomic mass is 19.4. The summed E-state index contributed by atoms with van der Waals surface area (Å²) in [7, 11) is 0. The zero-order chi connectivity index (χ0) is 42.5. The van der Waals surface area contributed by atoms with Crippen molar-refractivity contribution in [3.8, 4) is 44.8 Å². The summed E-state index contributed by atoms with van der Waals surface area (Å²) in [6, 6.07) is 41.4. The van der Waals surface area contributed by atoms with Crippen LogP contribution in [0.25, 0.3) is 88.4 Å². The lowest BCUT2D eigenvalue weighted by Gasteiger charge is -2.23. The first-order valence-electron chi connectivity index (χ1n) is 19.3. The molecule has 0 spiro atoms. The Bertz CT molecular complexity index is 3230. The van der Waals surface area contributed by atoms with Gasteiger partial charge in [-0.15, -0.1) is 0 Å². The molecule has 61 heavy (non-hydrogen) atoms. The maximum Gasteiger partial charge on any atom is 0.420 e. The molecule has 2 heterocycles. The molecule has 10 heteroatoms. The van der Waals surface area contributed by atoms with Crippen LogP contribution in [0.5, 0.6) is 0 Å². The van der Waals surface area contributed by atoms with E-state index in [0.717, 1.165) is 45.5 Å². The molecule has 0 saturated heterocycles. The normalized spacial score (nSPS) is 12.1. The van der Waals surface area contributed by atoms with Crippen LogP contribution in [-0.4, -0.2) is 9.13 Å². The largest absolute Gasteiger partial charge is 0.420 e. The van der Waals surface area contributed by atoms with E-state index in [9.17, 15) is 4.39 Å². The van der Waals surface area contributed by atoms with Crippen LogP contribution in [-0.2, 0) is 6.18 Å². The molecule has 0 aliphatic rings. The zero-order valence-electron chi connectivity index (χ0n) is 32.3. The molecule has 10 aromatic rings. The maximum absolute atomic E-state index is 16.3. The van der Waals surface area contributed by atoms with Crippen LogP contribution in [0.2, 0.25) is 0 Å². The van der Waals surface area contributed by atoms with Crippen molar-refractivity contribution in [3.63, 3.8) is 0 Å². The third kappa shape index (κ3) is 5.99. The zero-order valence-corrected chi connectivity index (χ0v) is 32.3. The van der Waals surface area contributed by atoms with Crippen LogP contribution in [0, 0.1) is 42.9 Å². The predicted octanol–water partition coefficient (Wildman–Crippen LogP) is 15.2. The van der Waals surface area contributed by atoms with Gasteiger partial charge in [0.1, 0.15) is 5.56 Å². The quantitative estimate of drug-likeness (QED) is 0.0930. The van der Waals surface area contributed by atoms with E-state index in [1.54, 1.807) is 72.8 Å². The number of rotatable bonds is 5. The second-order valence-electron chi connectivity index (χ2n) is 15.2. The maximum atomic E-state index is 16.3. The Kier molecular flexibility index (Phi) is 8.69. The average molecular weight is 823 g/mol. The molecule has 2 nitrogen and oxygen atoms in total. The van der Waals surface area contributed by atoms with Gasteiger partial charge < -0.3 is 9.13 Å². The van der Waals surface area contributed by atoms with Crippen LogP contribution < -0.4 is 0 Å². The van der Waals surface area contributed by atoms with E-state index in [0.29, 0.717) is 43.6 Å². The molecule has 0 N–H and O–H groups in total. The summed E-state index contributed by atoms with van der Waals surface area (Å²) in [6.45, 7) is 3.89. The Morgan fingerprint density at radius 1 is 0.361 bits per heavy atom. The second kappa shape index (κ2) is 13.9. The first-order valence-corrected chi connectivity index (χ1v) is 19.3. The van der Waals surface area contributed by atoms with Crippen LogP contribution in [0.15, 0.2) is 146 Å². The first kappa shape index (κ1) is 38.0. The van der Waals surface area contributed by atoms with Crippen molar-refractivity contribution in [2.45, 2.75) is 20.0 Å². The third-order valence-corrected chi connectivity index (χ3v) is 11.4. The monoisotopic (exact) mass is 822 g/mol. The van der Waals surface area contributed by atoms with Gasteiger partial charge in [0, 0.05) is 21.5 Å². The standard InChI is InChI=1S/C51H30F8N2/c1-27-9-7-11-29(21-27)31-17-19-40-36(23-31)34-13-3-5-15-38(34)60(40)42-25-33(44-46(52)48(54)50(56)49(55)47(44)53)26-43(45(42)51(57,58)59)61-39-16-6-4-14-35(39)37-24-32(18-20-41(37)61)30-12-8-10-28(2)22-30/h3-26H,1-2H3. The van der Waals surface area contributed by atoms with E-state index in [1.165, 1.54) is 9.13 Å². The second-order valence-corrected chi connectivity index (χ2v) is 15.2. The van der Waals surface area contributed by atoms with Gasteiger partial charge in [-0.2, -0.15) is 13.2 Å². The fourth-order valence-electron chi connectivity index (χ4n) is 8.73. The van der Waals surface area contributed by atoms with Gasteiger partial charge in [-0.05, 0) is 90.2 Å². The number of fused-ring (bicyclic) bond motifs is 6. The highest BCUT2D eigenvalue weighted by Gasteiger charge is 2.40. The highest BCUT2D eigenvalue weighted by molar-refractivity contribution is 6.12. The van der Waals surface area contributed by atoms with Crippen LogP contribution in [0.4, 0.5) is 35.1 Å². The van der Waals surface area contributed by atoms with Crippen LogP contribution in [0.1, 0.15) is 16.7 Å². The minimum Gasteiger partial charge on any atom is -0.309 e. The molecule has 0 saturated carbocycles. The lowest BCUT2D eigenvalue weighted by atomic mass is 9.97. The molecule has 0 unspecified atom stereocenters. The summed E-state index contributed by atoms with van der Waals surface area (Å²) in [5.74, 6) is -11.2. The van der Waals surface area contributed by atoms with Crippen molar-refractivity contribution < 1.29 is 35.1 Å². The number of nitrogens with zero attached hydrogens (tertiary/aromatic N) is 2. The van der Waals surface area contributed by atoms with Crippen molar-refractivity contribution in [1.29, 1.82) is 0 Å². The fraction of sp³-hybridized carbons (Fsp3) is 0.0588. The summed E-state index contributed by atoms with van der Waals surface area (Å²) in [4.78, 5) is 0. The van der Waals surface area contributed by atoms with E-state index in [1.807, 2.05) is 74.5 Å². The number of para-hydroxylation sites is 2. The van der Waals surface area contributed by atoms with E-state index >= 15 is 30.7 Å². The predicted molar refractivity (Wildman–Crippen MR) is 226 cm³/mol. The summed E-state index contributed by atoms with van der Waals surface area (Å²) in [5, 5.41) is 2.30. The Morgan fingerprint density at radius 2 is 0.754 bits per heavy atom. The highest BCUT2D eigenvalue weighted by Crippen LogP contribution is 2.47. The van der Waals surface area contributed by atoms with E-state index < -0.39 is 63.3 Å². The molecule has 0 aliphatic heterocycles. The fourth-order valence-corrected chi connectivity index (χ4v) is 8.73. The molecule has 0 fully saturated rings. The SMILES string of the molecule is Cc1cccc(-c2ccc3c(c2)c2ccccc2n3-c2cc(-c3c(F)c(F)c(F)c(F)c3F)cc(-n3c4ccccc4c4cc(-c5cccc(C)c5)ccc43)c2C(F)(F)F)c1. The van der Waals surface area contributed by atoms with Gasteiger partial charge in [0.25, 0.3) is 0 Å². The van der Waals surface area contributed by atoms with E-state index in [4.69, 9.17) is 0 Å². The topological polar surface area (TPSA) is 9.86 Å². The third-order valence-electron chi connectivity index (χ3n) is 11.4. The molecule has 0 aliphatic carbocycles. The Labute approximate surface area is 343 Å². The molecule has 300 valence electrons. The van der Waals surface area contributed by atoms with Gasteiger partial charge in [0.2, 0.25) is 5.82 Å². The molecule has 10 rings (SSSR count). The number of aromatic nitrogens is 2. The van der Waals surface area contributed by atoms with Gasteiger partial charge in [0.15, 0.2) is 23.3 Å². The Balaban J connectivity index is 1.36. The molecular formula is C51H30F8N2. The van der Waals surface area contributed by atoms with Crippen molar-refractivity contribution in [2.75, 3.05) is 0 Å². The number of aryl methyl sites for hydroxylation is 2. The van der Waals surface area contributed by atoms with Gasteiger partial charge >= 0.3 is 6.18 Å². The van der Waals surface area contributed by atoms with Crippen molar-refractivity contribution in [2.24, 2.45) is 0 Å². The first-order chi connectivity index (χ1) is 29.3. The van der Waals surface area contributed by atoms with Gasteiger partial charge in [0.05, 0.1) is 39.0 Å². The van der Waals surface area contributed by atoms with Crippen molar-refractivity contribution >= 4 is 43.6 Å². The smallest absolute Gasteiger partial charge is 0.309 e. The number of benzene rings is 8. The van der Waals surface area contributed by atoms with E-state index in [-0.39, 0.29) is 0 Å². The summed E-state index contributed by atoms with van der Waals surface area (Å²) < 4.78 is 128. The molecule has 0 atom stereocenters. The Morgan fingerprint density at radius 3 is 1.18 bits per heavy atom. The molecular weight excluding hydrogens is 793 g/mol. The minimum atomic E-state index is -5.14. The Hall–Kier alpha value is -7.20. The molecule has 0 amide bonds. The summed E-state index contributed by atoms with van der Waals surface area (Å²) in [6.07, 6.45) is -5.14. The number of alkyl halides is 3. The molecule has 0 bridgehead atoms. The number of hydrogen-bond donors (Lipinski definition) is 0. The van der Waals surface area contributed by atoms with Gasteiger partial charge in [-0.25, -0.2) is 22.0 Å². The number of hydrogen-bond acceptors (Lipinski definition) is 0. The lowest BCUT2D eigenvalue weighted by Crippen LogP contribution is -2.16. The summed E-state index contributed by atoms with van der Waals surface area (Å²) >= 11 is 0. The van der Waals surface area contributed by atoms with Crippen molar-refractivity contribution in [3.05, 3.63) is 191 Å². The number of halogens is 8. The van der Waals surface area contributed by atoms with Gasteiger partial charge in [-0.3, -0.25) is 0 Å². The van der Waals surface area contributed by atoms with Gasteiger partial charge in [-0.1, -0.05) is 108 Å². The molecule has 2 aromatic heterocycles. The molecule has 8 aromatic carbocycles. The average Bonchev–Trinajstić information content (AvgIpc) is 3.76. The van der Waals surface area contributed by atoms with Crippen LogP contribution in [0.3, 0.4) is 0 Å². The molecule has 0 radical (unpaired) electrons. The van der Waals surface area contributed by atoms with Crippen LogP contribution >= 0.6 is 0 Å². The van der Waals surface area contributed by atoms with E-state index in [2.05, 4.69) is 0 Å². The summed E-state index contributed by atoms with van der Waals surface area (Å²) in [5.41, 5.74) is 2.22. The lowest BCUT2D eigenvalue weighted by molar-refractivity contribution is -0.137. The minimum absolute atomic E-state index is 0.314.